The highest BCUT2D eigenvalue weighted by molar-refractivity contribution is 6.11. The molecule has 4 rings (SSSR count). The zero-order chi connectivity index (χ0) is 29.2. The van der Waals surface area contributed by atoms with Crippen LogP contribution in [0.15, 0.2) is 24.3 Å². The molecular formula is C31H39FN2O6. The summed E-state index contributed by atoms with van der Waals surface area (Å²) in [6.45, 7) is 8.12. The molecule has 0 bridgehead atoms. The van der Waals surface area contributed by atoms with Crippen LogP contribution in [0.4, 0.5) is 10.1 Å². The first kappa shape index (κ1) is 29.4. The normalized spacial score (nSPS) is 21.6. The average molecular weight is 555 g/mol. The van der Waals surface area contributed by atoms with E-state index in [0.717, 1.165) is 36.5 Å². The highest BCUT2D eigenvalue weighted by Crippen LogP contribution is 2.40. The molecule has 9 heteroatoms. The fourth-order valence-electron chi connectivity index (χ4n) is 5.55. The van der Waals surface area contributed by atoms with Crippen LogP contribution in [0.3, 0.4) is 0 Å². The Morgan fingerprint density at radius 2 is 1.65 bits per heavy atom. The van der Waals surface area contributed by atoms with Gasteiger partial charge >= 0.3 is 5.97 Å². The summed E-state index contributed by atoms with van der Waals surface area (Å²) >= 11 is 0. The minimum absolute atomic E-state index is 0.0260. The predicted octanol–water partition coefficient (Wildman–Crippen LogP) is 6.04. The summed E-state index contributed by atoms with van der Waals surface area (Å²) in [6, 6.07) is 6.02. The third kappa shape index (κ3) is 6.24. The van der Waals surface area contributed by atoms with Gasteiger partial charge in [-0.1, -0.05) is 19.4 Å². The number of carbonyl (C=O) groups is 3. The molecule has 40 heavy (non-hydrogen) atoms. The number of aliphatic carboxylic acids is 1. The molecule has 2 aromatic rings. The number of ether oxygens (including phenoxy) is 2. The molecule has 2 aliphatic rings. The van der Waals surface area contributed by atoms with E-state index in [1.54, 1.807) is 13.0 Å². The fraction of sp³-hybridized carbons (Fsp3) is 0.516. The van der Waals surface area contributed by atoms with Gasteiger partial charge in [-0.25, -0.2) is 4.39 Å². The van der Waals surface area contributed by atoms with Crippen molar-refractivity contribution >= 4 is 23.5 Å². The van der Waals surface area contributed by atoms with E-state index in [0.29, 0.717) is 43.5 Å². The van der Waals surface area contributed by atoms with Crippen LogP contribution >= 0.6 is 0 Å². The fourth-order valence-corrected chi connectivity index (χ4v) is 5.55. The van der Waals surface area contributed by atoms with Gasteiger partial charge in [0.1, 0.15) is 5.75 Å². The quantitative estimate of drug-likeness (QED) is 0.349. The Bertz CT molecular complexity index is 1310. The van der Waals surface area contributed by atoms with Gasteiger partial charge in [0.2, 0.25) is 0 Å². The van der Waals surface area contributed by atoms with Crippen LogP contribution < -0.4 is 20.1 Å². The van der Waals surface area contributed by atoms with Crippen LogP contribution in [0.25, 0.3) is 0 Å². The number of carboxylic acids is 1. The van der Waals surface area contributed by atoms with Gasteiger partial charge in [0.15, 0.2) is 11.6 Å². The van der Waals surface area contributed by atoms with E-state index in [-0.39, 0.29) is 34.5 Å². The van der Waals surface area contributed by atoms with Crippen LogP contribution in [0, 0.1) is 30.5 Å². The first-order valence-electron chi connectivity index (χ1n) is 13.8. The number of aryl methyl sites for hydroxylation is 2. The van der Waals surface area contributed by atoms with E-state index in [9.17, 15) is 23.9 Å². The second-order valence-corrected chi connectivity index (χ2v) is 12.0. The van der Waals surface area contributed by atoms with Crippen LogP contribution in [0.1, 0.15) is 90.6 Å². The molecule has 2 fully saturated rings. The van der Waals surface area contributed by atoms with E-state index in [1.165, 1.54) is 13.2 Å². The second kappa shape index (κ2) is 11.5. The van der Waals surface area contributed by atoms with E-state index >= 15 is 0 Å². The summed E-state index contributed by atoms with van der Waals surface area (Å²) in [5.74, 6) is -2.46. The van der Waals surface area contributed by atoms with Crippen molar-refractivity contribution in [3.05, 3.63) is 52.3 Å². The third-order valence-electron chi connectivity index (χ3n) is 8.54. The Kier molecular flexibility index (Phi) is 8.42. The maximum atomic E-state index is 15.0. The Morgan fingerprint density at radius 1 is 0.975 bits per heavy atom. The number of hydrogen-bond donors (Lipinski definition) is 3. The largest absolute Gasteiger partial charge is 0.496 e. The number of amides is 2. The monoisotopic (exact) mass is 554 g/mol. The van der Waals surface area contributed by atoms with Crippen molar-refractivity contribution in [3.63, 3.8) is 0 Å². The number of carbonyl (C=O) groups excluding carboxylic acids is 2. The van der Waals surface area contributed by atoms with Gasteiger partial charge in [0.25, 0.3) is 11.8 Å². The lowest BCUT2D eigenvalue weighted by molar-refractivity contribution is -0.150. The Hall–Kier alpha value is -3.62. The lowest BCUT2D eigenvalue weighted by Crippen LogP contribution is -2.40. The minimum Gasteiger partial charge on any atom is -0.496 e. The van der Waals surface area contributed by atoms with Gasteiger partial charge in [-0.05, 0) is 88.0 Å². The summed E-state index contributed by atoms with van der Waals surface area (Å²) in [7, 11) is 1.34. The number of hydrogen-bond acceptors (Lipinski definition) is 5. The maximum Gasteiger partial charge on any atom is 0.309 e. The molecule has 0 saturated heterocycles. The van der Waals surface area contributed by atoms with Crippen molar-refractivity contribution in [2.75, 3.05) is 19.0 Å². The number of halogens is 1. The zero-order valence-electron chi connectivity index (χ0n) is 23.9. The van der Waals surface area contributed by atoms with Crippen LogP contribution in [-0.2, 0) is 4.79 Å². The molecule has 2 aliphatic carbocycles. The maximum absolute atomic E-state index is 15.0. The standard InChI is InChI=1S/C31H39FN2O6/c1-18-13-19(2)26(22(14-18)27(35)33-17-30(3)9-6-10-30)34-28(36)21-15-25(23(32)16-24(21)39-5)40-20-7-11-31(4,12-8-20)29(37)38/h13-16,20H,6-12,17H2,1-5H3,(H,33,35)(H,34,36)(H,37,38). The third-order valence-corrected chi connectivity index (χ3v) is 8.54. The molecule has 0 radical (unpaired) electrons. The first-order chi connectivity index (χ1) is 18.8. The van der Waals surface area contributed by atoms with Crippen molar-refractivity contribution in [1.29, 1.82) is 0 Å². The van der Waals surface area contributed by atoms with E-state index < -0.39 is 23.1 Å². The molecule has 3 N–H and O–H groups in total. The van der Waals surface area contributed by atoms with Crippen molar-refractivity contribution in [1.82, 2.24) is 5.32 Å². The molecule has 8 nitrogen and oxygen atoms in total. The SMILES string of the molecule is COc1cc(F)c(OC2CCC(C)(C(=O)O)CC2)cc1C(=O)Nc1c(C)cc(C)cc1C(=O)NCC1(C)CCC1. The summed E-state index contributed by atoms with van der Waals surface area (Å²) in [6.07, 6.45) is 4.65. The zero-order valence-corrected chi connectivity index (χ0v) is 23.9. The molecule has 0 aromatic heterocycles. The molecule has 2 saturated carbocycles. The smallest absolute Gasteiger partial charge is 0.309 e. The van der Waals surface area contributed by atoms with Crippen molar-refractivity contribution < 1.29 is 33.4 Å². The lowest BCUT2D eigenvalue weighted by atomic mass is 9.70. The van der Waals surface area contributed by atoms with Gasteiger partial charge in [-0.3, -0.25) is 14.4 Å². The average Bonchev–Trinajstić information content (AvgIpc) is 2.89. The number of rotatable bonds is 9. The van der Waals surface area contributed by atoms with Gasteiger partial charge in [-0.15, -0.1) is 0 Å². The molecule has 0 atom stereocenters. The molecule has 2 amide bonds. The summed E-state index contributed by atoms with van der Waals surface area (Å²) in [4.78, 5) is 38.3. The van der Waals surface area contributed by atoms with Gasteiger partial charge in [0, 0.05) is 12.6 Å². The van der Waals surface area contributed by atoms with Crippen LogP contribution in [-0.4, -0.2) is 42.6 Å². The number of anilines is 1. The summed E-state index contributed by atoms with van der Waals surface area (Å²) < 4.78 is 26.2. The first-order valence-corrected chi connectivity index (χ1v) is 13.8. The summed E-state index contributed by atoms with van der Waals surface area (Å²) in [5.41, 5.74) is 1.66. The van der Waals surface area contributed by atoms with Gasteiger partial charge in [-0.2, -0.15) is 0 Å². The van der Waals surface area contributed by atoms with E-state index in [2.05, 4.69) is 17.6 Å². The number of methoxy groups -OCH3 is 1. The molecule has 0 heterocycles. The lowest BCUT2D eigenvalue weighted by Gasteiger charge is -2.38. The Morgan fingerprint density at radius 3 is 2.23 bits per heavy atom. The Labute approximate surface area is 234 Å². The highest BCUT2D eigenvalue weighted by Gasteiger charge is 2.38. The van der Waals surface area contributed by atoms with Crippen molar-refractivity contribution in [3.8, 4) is 11.5 Å². The molecular weight excluding hydrogens is 515 g/mol. The predicted molar refractivity (Wildman–Crippen MR) is 150 cm³/mol. The molecule has 0 aliphatic heterocycles. The van der Waals surface area contributed by atoms with Crippen LogP contribution in [0.5, 0.6) is 11.5 Å². The number of nitrogens with one attached hydrogen (secondary N) is 2. The number of benzene rings is 2. The van der Waals surface area contributed by atoms with Crippen molar-refractivity contribution in [2.45, 2.75) is 78.7 Å². The molecule has 0 unspecified atom stereocenters. The van der Waals surface area contributed by atoms with Gasteiger partial charge in [0.05, 0.1) is 35.4 Å². The number of carboxylic acid groups (broad SMARTS) is 1. The molecule has 0 spiro atoms. The van der Waals surface area contributed by atoms with Crippen molar-refractivity contribution in [2.24, 2.45) is 10.8 Å². The highest BCUT2D eigenvalue weighted by atomic mass is 19.1. The van der Waals surface area contributed by atoms with Crippen LogP contribution in [0.2, 0.25) is 0 Å². The van der Waals surface area contributed by atoms with Gasteiger partial charge < -0.3 is 25.2 Å². The minimum atomic E-state index is -0.850. The molecule has 2 aromatic carbocycles. The topological polar surface area (TPSA) is 114 Å². The van der Waals surface area contributed by atoms with E-state index in [4.69, 9.17) is 9.47 Å². The second-order valence-electron chi connectivity index (χ2n) is 12.0. The molecule has 216 valence electrons. The summed E-state index contributed by atoms with van der Waals surface area (Å²) in [5, 5.41) is 15.4. The van der Waals surface area contributed by atoms with E-state index in [1.807, 2.05) is 19.9 Å². The Balaban J connectivity index is 1.55.